The first-order valence-corrected chi connectivity index (χ1v) is 8.08. The van der Waals surface area contributed by atoms with Gasteiger partial charge in [0.25, 0.3) is 5.91 Å². The number of nitrogens with zero attached hydrogens (tertiary/aromatic N) is 1. The Morgan fingerprint density at radius 1 is 1.14 bits per heavy atom. The minimum Gasteiger partial charge on any atom is -0.376 e. The van der Waals surface area contributed by atoms with Gasteiger partial charge in [-0.1, -0.05) is 0 Å². The van der Waals surface area contributed by atoms with Gasteiger partial charge in [0.1, 0.15) is 0 Å². The van der Waals surface area contributed by atoms with E-state index in [1.807, 2.05) is 12.1 Å². The molecule has 114 valence electrons. The van der Waals surface area contributed by atoms with Crippen LogP contribution in [-0.4, -0.2) is 38.3 Å². The molecule has 2 fully saturated rings. The van der Waals surface area contributed by atoms with E-state index in [4.69, 9.17) is 4.74 Å². The third kappa shape index (κ3) is 3.76. The molecule has 1 atom stereocenters. The number of benzene rings is 1. The quantitative estimate of drug-likeness (QED) is 0.926. The van der Waals surface area contributed by atoms with Gasteiger partial charge in [-0.05, 0) is 56.4 Å². The van der Waals surface area contributed by atoms with Crippen LogP contribution in [0.1, 0.15) is 42.5 Å². The van der Waals surface area contributed by atoms with Crippen LogP contribution >= 0.6 is 0 Å². The van der Waals surface area contributed by atoms with Crippen LogP contribution in [0.4, 0.5) is 5.69 Å². The number of ether oxygens (including phenoxy) is 1. The van der Waals surface area contributed by atoms with Crippen LogP contribution in [0.3, 0.4) is 0 Å². The van der Waals surface area contributed by atoms with Crippen LogP contribution in [0.25, 0.3) is 0 Å². The van der Waals surface area contributed by atoms with E-state index in [9.17, 15) is 4.79 Å². The third-order valence-corrected chi connectivity index (χ3v) is 4.36. The van der Waals surface area contributed by atoms with Crippen molar-refractivity contribution in [2.24, 2.45) is 0 Å². The fraction of sp³-hybridized carbons (Fsp3) is 0.588. The van der Waals surface area contributed by atoms with E-state index in [1.165, 1.54) is 24.9 Å². The molecule has 21 heavy (non-hydrogen) atoms. The van der Waals surface area contributed by atoms with E-state index in [1.54, 1.807) is 0 Å². The summed E-state index contributed by atoms with van der Waals surface area (Å²) in [6, 6.07) is 7.95. The summed E-state index contributed by atoms with van der Waals surface area (Å²) in [7, 11) is 0. The van der Waals surface area contributed by atoms with Gasteiger partial charge in [0.15, 0.2) is 0 Å². The molecule has 0 spiro atoms. The maximum Gasteiger partial charge on any atom is 0.251 e. The zero-order valence-corrected chi connectivity index (χ0v) is 12.5. The zero-order valence-electron chi connectivity index (χ0n) is 12.5. The molecule has 4 nitrogen and oxygen atoms in total. The molecule has 0 saturated carbocycles. The van der Waals surface area contributed by atoms with E-state index >= 15 is 0 Å². The highest BCUT2D eigenvalue weighted by molar-refractivity contribution is 5.94. The minimum atomic E-state index is -0.00264. The largest absolute Gasteiger partial charge is 0.376 e. The van der Waals surface area contributed by atoms with Gasteiger partial charge in [0, 0.05) is 37.5 Å². The van der Waals surface area contributed by atoms with Gasteiger partial charge >= 0.3 is 0 Å². The highest BCUT2D eigenvalue weighted by Crippen LogP contribution is 2.20. The van der Waals surface area contributed by atoms with Crippen molar-refractivity contribution in [2.45, 2.75) is 38.2 Å². The first-order chi connectivity index (χ1) is 10.3. The van der Waals surface area contributed by atoms with Crippen LogP contribution in [-0.2, 0) is 4.74 Å². The zero-order chi connectivity index (χ0) is 14.5. The summed E-state index contributed by atoms with van der Waals surface area (Å²) in [5.41, 5.74) is 1.95. The fourth-order valence-corrected chi connectivity index (χ4v) is 3.08. The topological polar surface area (TPSA) is 41.6 Å². The summed E-state index contributed by atoms with van der Waals surface area (Å²) in [6.45, 7) is 3.70. The Hall–Kier alpha value is -1.55. The molecule has 2 heterocycles. The number of carbonyl (C=O) groups is 1. The van der Waals surface area contributed by atoms with Crippen molar-refractivity contribution in [1.82, 2.24) is 5.32 Å². The lowest BCUT2D eigenvalue weighted by molar-refractivity contribution is 0.0169. The predicted octanol–water partition coefficient (Wildman–Crippen LogP) is 2.59. The number of hydrogen-bond donors (Lipinski definition) is 1. The lowest BCUT2D eigenvalue weighted by Crippen LogP contribution is -2.35. The summed E-state index contributed by atoms with van der Waals surface area (Å²) >= 11 is 0. The number of hydrogen-bond acceptors (Lipinski definition) is 3. The molecule has 1 amide bonds. The number of carbonyl (C=O) groups excluding carboxylic acids is 1. The average Bonchev–Trinajstić information content (AvgIpc) is 3.08. The summed E-state index contributed by atoms with van der Waals surface area (Å²) in [5, 5.41) is 2.98. The Kier molecular flexibility index (Phi) is 4.76. The van der Waals surface area contributed by atoms with Crippen molar-refractivity contribution < 1.29 is 9.53 Å². The molecule has 1 aromatic carbocycles. The van der Waals surface area contributed by atoms with Crippen LogP contribution in [0.5, 0.6) is 0 Å². The first kappa shape index (κ1) is 14.4. The molecular weight excluding hydrogens is 264 g/mol. The first-order valence-electron chi connectivity index (χ1n) is 8.08. The number of rotatable bonds is 4. The van der Waals surface area contributed by atoms with E-state index in [0.717, 1.165) is 38.1 Å². The molecule has 1 aromatic rings. The van der Waals surface area contributed by atoms with Crippen molar-refractivity contribution in [3.05, 3.63) is 29.8 Å². The molecule has 1 N–H and O–H groups in total. The molecule has 2 saturated heterocycles. The van der Waals surface area contributed by atoms with Crippen LogP contribution in [0.15, 0.2) is 24.3 Å². The monoisotopic (exact) mass is 288 g/mol. The smallest absolute Gasteiger partial charge is 0.251 e. The second kappa shape index (κ2) is 6.94. The second-order valence-electron chi connectivity index (χ2n) is 5.94. The molecule has 2 aliphatic rings. The molecule has 0 radical (unpaired) electrons. The number of amides is 1. The van der Waals surface area contributed by atoms with E-state index in [0.29, 0.717) is 6.54 Å². The second-order valence-corrected chi connectivity index (χ2v) is 5.94. The van der Waals surface area contributed by atoms with Gasteiger partial charge < -0.3 is 15.0 Å². The standard InChI is InChI=1S/C17H24N2O2/c20-17(18-13-16-5-1-4-12-21-16)14-6-8-15(9-7-14)19-10-2-3-11-19/h6-9,16H,1-5,10-13H2,(H,18,20). The number of anilines is 1. The van der Waals surface area contributed by atoms with Crippen molar-refractivity contribution in [1.29, 1.82) is 0 Å². The van der Waals surface area contributed by atoms with Gasteiger partial charge in [-0.3, -0.25) is 4.79 Å². The lowest BCUT2D eigenvalue weighted by Gasteiger charge is -2.22. The maximum atomic E-state index is 12.1. The maximum absolute atomic E-state index is 12.1. The van der Waals surface area contributed by atoms with Crippen LogP contribution in [0, 0.1) is 0 Å². The van der Waals surface area contributed by atoms with E-state index < -0.39 is 0 Å². The molecule has 4 heteroatoms. The van der Waals surface area contributed by atoms with Gasteiger partial charge in [-0.25, -0.2) is 0 Å². The summed E-state index contributed by atoms with van der Waals surface area (Å²) in [4.78, 5) is 14.5. The summed E-state index contributed by atoms with van der Waals surface area (Å²) < 4.78 is 5.63. The van der Waals surface area contributed by atoms with Crippen molar-refractivity contribution >= 4 is 11.6 Å². The van der Waals surface area contributed by atoms with Gasteiger partial charge in [0.2, 0.25) is 0 Å². The normalized spacial score (nSPS) is 22.3. The Balaban J connectivity index is 1.52. The molecule has 2 aliphatic heterocycles. The molecule has 0 aliphatic carbocycles. The Bertz CT molecular complexity index is 460. The minimum absolute atomic E-state index is 0.00264. The Morgan fingerprint density at radius 3 is 2.57 bits per heavy atom. The van der Waals surface area contributed by atoms with Gasteiger partial charge in [-0.15, -0.1) is 0 Å². The van der Waals surface area contributed by atoms with Crippen molar-refractivity contribution in [3.8, 4) is 0 Å². The highest BCUT2D eigenvalue weighted by Gasteiger charge is 2.16. The molecule has 0 aromatic heterocycles. The fourth-order valence-electron chi connectivity index (χ4n) is 3.08. The SMILES string of the molecule is O=C(NCC1CCCCO1)c1ccc(N2CCCC2)cc1. The molecule has 0 bridgehead atoms. The predicted molar refractivity (Wildman–Crippen MR) is 83.8 cm³/mol. The van der Waals surface area contributed by atoms with Crippen molar-refractivity contribution in [2.75, 3.05) is 31.1 Å². The van der Waals surface area contributed by atoms with Crippen LogP contribution < -0.4 is 10.2 Å². The van der Waals surface area contributed by atoms with Gasteiger partial charge in [0.05, 0.1) is 6.10 Å². The van der Waals surface area contributed by atoms with Crippen molar-refractivity contribution in [3.63, 3.8) is 0 Å². The van der Waals surface area contributed by atoms with E-state index in [2.05, 4.69) is 22.3 Å². The van der Waals surface area contributed by atoms with Crippen LogP contribution in [0.2, 0.25) is 0 Å². The summed E-state index contributed by atoms with van der Waals surface area (Å²) in [6.07, 6.45) is 6.11. The molecule has 3 rings (SSSR count). The molecule has 1 unspecified atom stereocenters. The molecular formula is C17H24N2O2. The lowest BCUT2D eigenvalue weighted by atomic mass is 10.1. The third-order valence-electron chi connectivity index (χ3n) is 4.36. The highest BCUT2D eigenvalue weighted by atomic mass is 16.5. The number of nitrogens with one attached hydrogen (secondary N) is 1. The average molecular weight is 288 g/mol. The Morgan fingerprint density at radius 2 is 1.90 bits per heavy atom. The Labute approximate surface area is 126 Å². The van der Waals surface area contributed by atoms with Gasteiger partial charge in [-0.2, -0.15) is 0 Å². The van der Waals surface area contributed by atoms with E-state index in [-0.39, 0.29) is 12.0 Å². The summed E-state index contributed by atoms with van der Waals surface area (Å²) in [5.74, 6) is -0.00264.